The molecule has 0 atom stereocenters. The molecule has 2 aromatic rings. The molecule has 0 bridgehead atoms. The van der Waals surface area contributed by atoms with E-state index in [-0.39, 0.29) is 0 Å². The summed E-state index contributed by atoms with van der Waals surface area (Å²) in [4.78, 5) is 0. The number of pyridine rings is 2. The summed E-state index contributed by atoms with van der Waals surface area (Å²) in [6.07, 6.45) is 64.9. The molecule has 0 radical (unpaired) electrons. The minimum atomic E-state index is 0.864. The molecule has 2 aromatic heterocycles. The molecule has 4 heteroatoms. The molecule has 0 aromatic carbocycles. The highest BCUT2D eigenvalue weighted by molar-refractivity contribution is 5.05. The Bertz CT molecular complexity index is 1030. The van der Waals surface area contributed by atoms with Crippen LogP contribution in [0, 0.1) is 0 Å². The van der Waals surface area contributed by atoms with Gasteiger partial charge in [0.1, 0.15) is 13.1 Å². The Balaban J connectivity index is 1.32. The first-order chi connectivity index (χ1) is 28.8. The summed E-state index contributed by atoms with van der Waals surface area (Å²) in [6.45, 7) is 4.10. The van der Waals surface area contributed by atoms with Crippen LogP contribution < -0.4 is 20.6 Å². The van der Waals surface area contributed by atoms with E-state index < -0.39 is 0 Å². The number of hydrogen-bond acceptors (Lipinski definition) is 2. The van der Waals surface area contributed by atoms with Gasteiger partial charge in [-0.25, -0.2) is 9.13 Å². The summed E-state index contributed by atoms with van der Waals surface area (Å²) in [5, 5.41) is 0. The van der Waals surface area contributed by atoms with Crippen LogP contribution in [0.4, 0.5) is 0 Å². The average Bonchev–Trinajstić information content (AvgIpc) is 3.24. The number of unbranched alkanes of at least 4 members (excludes halogenated alkanes) is 35. The van der Waals surface area contributed by atoms with Crippen LogP contribution >= 0.6 is 0 Å². The van der Waals surface area contributed by atoms with Crippen molar-refractivity contribution in [1.29, 1.82) is 0 Å². The highest BCUT2D eigenvalue weighted by atomic mass is 14.9. The van der Waals surface area contributed by atoms with Crippen molar-refractivity contribution >= 4 is 0 Å². The van der Waals surface area contributed by atoms with E-state index in [9.17, 15) is 0 Å². The van der Waals surface area contributed by atoms with Crippen LogP contribution in [-0.2, 0) is 25.9 Å². The zero-order valence-corrected chi connectivity index (χ0v) is 38.8. The van der Waals surface area contributed by atoms with Crippen molar-refractivity contribution in [3.63, 3.8) is 0 Å². The Morgan fingerprint density at radius 1 is 0.276 bits per heavy atom. The van der Waals surface area contributed by atoms with Gasteiger partial charge in [-0.3, -0.25) is 0 Å². The molecule has 4 nitrogen and oxygen atoms in total. The van der Waals surface area contributed by atoms with Crippen LogP contribution in [0.2, 0.25) is 0 Å². The topological polar surface area (TPSA) is 59.8 Å². The van der Waals surface area contributed by atoms with E-state index >= 15 is 0 Å². The molecule has 0 saturated heterocycles. The van der Waals surface area contributed by atoms with E-state index in [1.165, 1.54) is 281 Å². The van der Waals surface area contributed by atoms with Gasteiger partial charge >= 0.3 is 0 Å². The molecule has 58 heavy (non-hydrogen) atoms. The molecule has 2 rings (SSSR count). The standard InChI is InChI=1S/C54H100N4/c55-45-35-29-23-17-11-5-1-3-7-13-19-25-31-37-47-57-49-39-43-53(51-57)41-33-27-21-15-9-10-16-22-28-34-42-54-44-40-50-58(52-54)48-38-32-26-20-14-8-4-2-6-12-18-24-30-36-46-56/h39-40,43-44,49-52H,1-38,41-42,45-48,55-56H2/q+2. The maximum Gasteiger partial charge on any atom is 0.171 e. The molecule has 0 aliphatic heterocycles. The third-order valence-electron chi connectivity index (χ3n) is 12.8. The second-order valence-corrected chi connectivity index (χ2v) is 18.4. The Labute approximate surface area is 362 Å². The first kappa shape index (κ1) is 52.4. The minimum Gasteiger partial charge on any atom is -0.330 e. The Morgan fingerprint density at radius 2 is 0.500 bits per heavy atom. The summed E-state index contributed by atoms with van der Waals surface area (Å²) in [7, 11) is 0. The number of rotatable bonds is 45. The van der Waals surface area contributed by atoms with E-state index in [0.717, 1.165) is 13.1 Å². The second kappa shape index (κ2) is 41.9. The summed E-state index contributed by atoms with van der Waals surface area (Å²) in [5.41, 5.74) is 14.2. The van der Waals surface area contributed by atoms with Gasteiger partial charge in [-0.05, 0) is 76.6 Å². The van der Waals surface area contributed by atoms with Crippen molar-refractivity contribution in [3.8, 4) is 0 Å². The van der Waals surface area contributed by atoms with Gasteiger partial charge in [0.2, 0.25) is 0 Å². The average molecular weight is 805 g/mol. The third-order valence-corrected chi connectivity index (χ3v) is 12.8. The lowest BCUT2D eigenvalue weighted by Gasteiger charge is -2.05. The van der Waals surface area contributed by atoms with Crippen LogP contribution in [0.5, 0.6) is 0 Å². The van der Waals surface area contributed by atoms with Gasteiger partial charge in [0, 0.05) is 36.1 Å². The van der Waals surface area contributed by atoms with Gasteiger partial charge in [-0.15, -0.1) is 0 Å². The fraction of sp³-hybridized carbons (Fsp3) is 0.815. The molecule has 0 unspecified atom stereocenters. The lowest BCUT2D eigenvalue weighted by Crippen LogP contribution is -2.33. The first-order valence-electron chi connectivity index (χ1n) is 26.2. The molecule has 0 aliphatic rings. The van der Waals surface area contributed by atoms with Crippen LogP contribution in [0.25, 0.3) is 0 Å². The molecule has 0 aliphatic carbocycles. The molecule has 0 amide bonds. The minimum absolute atomic E-state index is 0.864. The molecule has 2 heterocycles. The van der Waals surface area contributed by atoms with Gasteiger partial charge < -0.3 is 11.5 Å². The van der Waals surface area contributed by atoms with Gasteiger partial charge in [-0.1, -0.05) is 193 Å². The van der Waals surface area contributed by atoms with Crippen LogP contribution in [0.1, 0.15) is 255 Å². The zero-order chi connectivity index (χ0) is 41.1. The predicted octanol–water partition coefficient (Wildman–Crippen LogP) is 14.8. The summed E-state index contributed by atoms with van der Waals surface area (Å²) in [6, 6.07) is 9.22. The number of nitrogens with two attached hydrogens (primary N) is 2. The molecule has 334 valence electrons. The zero-order valence-electron chi connectivity index (χ0n) is 38.8. The summed E-state index contributed by atoms with van der Waals surface area (Å²) >= 11 is 0. The van der Waals surface area contributed by atoms with E-state index in [0.29, 0.717) is 0 Å². The van der Waals surface area contributed by atoms with Crippen LogP contribution in [0.15, 0.2) is 49.1 Å². The molecular weight excluding hydrogens is 705 g/mol. The molecule has 0 spiro atoms. The lowest BCUT2D eigenvalue weighted by atomic mass is 10.0. The predicted molar refractivity (Wildman–Crippen MR) is 254 cm³/mol. The van der Waals surface area contributed by atoms with Crippen molar-refractivity contribution in [1.82, 2.24) is 0 Å². The van der Waals surface area contributed by atoms with Crippen LogP contribution in [-0.4, -0.2) is 13.1 Å². The molecule has 4 N–H and O–H groups in total. The van der Waals surface area contributed by atoms with Crippen molar-refractivity contribution in [2.24, 2.45) is 11.5 Å². The summed E-state index contributed by atoms with van der Waals surface area (Å²) < 4.78 is 4.89. The van der Waals surface area contributed by atoms with Gasteiger partial charge in [0.05, 0.1) is 0 Å². The first-order valence-corrected chi connectivity index (χ1v) is 26.2. The highest BCUT2D eigenvalue weighted by Gasteiger charge is 2.06. The normalized spacial score (nSPS) is 11.6. The fourth-order valence-electron chi connectivity index (χ4n) is 8.92. The Kier molecular flexibility index (Phi) is 37.9. The second-order valence-electron chi connectivity index (χ2n) is 18.4. The van der Waals surface area contributed by atoms with Crippen LogP contribution in [0.3, 0.4) is 0 Å². The van der Waals surface area contributed by atoms with E-state index in [1.807, 2.05) is 0 Å². The number of aryl methyl sites for hydroxylation is 4. The van der Waals surface area contributed by atoms with Gasteiger partial charge in [0.25, 0.3) is 0 Å². The Hall–Kier alpha value is -1.78. The molecule has 0 saturated carbocycles. The Morgan fingerprint density at radius 3 is 0.759 bits per heavy atom. The molecule has 0 fully saturated rings. The monoisotopic (exact) mass is 805 g/mol. The van der Waals surface area contributed by atoms with Crippen molar-refractivity contribution in [2.45, 2.75) is 270 Å². The number of nitrogens with zero attached hydrogens (tertiary/aromatic N) is 2. The van der Waals surface area contributed by atoms with E-state index in [2.05, 4.69) is 58.2 Å². The quantitative estimate of drug-likeness (QED) is 0.0517. The van der Waals surface area contributed by atoms with Crippen molar-refractivity contribution < 1.29 is 9.13 Å². The number of aromatic nitrogens is 2. The maximum atomic E-state index is 5.58. The van der Waals surface area contributed by atoms with Gasteiger partial charge in [-0.2, -0.15) is 0 Å². The molecular formula is C54H100N4+2. The third kappa shape index (κ3) is 34.0. The fourth-order valence-corrected chi connectivity index (χ4v) is 8.92. The summed E-state index contributed by atoms with van der Waals surface area (Å²) in [5.74, 6) is 0. The van der Waals surface area contributed by atoms with Crippen molar-refractivity contribution in [2.75, 3.05) is 13.1 Å². The maximum absolute atomic E-state index is 5.58. The largest absolute Gasteiger partial charge is 0.330 e. The highest BCUT2D eigenvalue weighted by Crippen LogP contribution is 2.16. The van der Waals surface area contributed by atoms with E-state index in [4.69, 9.17) is 11.5 Å². The number of hydrogen-bond donors (Lipinski definition) is 2. The van der Waals surface area contributed by atoms with E-state index in [1.54, 1.807) is 0 Å². The lowest BCUT2D eigenvalue weighted by molar-refractivity contribution is -0.697. The van der Waals surface area contributed by atoms with Gasteiger partial charge in [0.15, 0.2) is 24.8 Å². The SMILES string of the molecule is NCCCCCCCCCCCCCCCC[n+]1cccc(CCCCCCCCCCCCc2ccc[n+](CCCCCCCCCCCCCCCCN)c2)c1. The smallest absolute Gasteiger partial charge is 0.171 e. The van der Waals surface area contributed by atoms with Crippen molar-refractivity contribution in [3.05, 3.63) is 60.2 Å².